The summed E-state index contributed by atoms with van der Waals surface area (Å²) in [5.41, 5.74) is 3.72. The van der Waals surface area contributed by atoms with Gasteiger partial charge in [-0.1, -0.05) is 42.8 Å². The Balaban J connectivity index is 1.89. The van der Waals surface area contributed by atoms with Crippen LogP contribution in [-0.2, 0) is 6.61 Å². The average Bonchev–Trinajstić information content (AvgIpc) is 2.76. The van der Waals surface area contributed by atoms with Gasteiger partial charge in [0, 0.05) is 10.3 Å². The van der Waals surface area contributed by atoms with Gasteiger partial charge in [-0.2, -0.15) is 0 Å². The lowest BCUT2D eigenvalue weighted by atomic mass is 9.89. The van der Waals surface area contributed by atoms with Crippen LogP contribution in [0.2, 0.25) is 0 Å². The van der Waals surface area contributed by atoms with Gasteiger partial charge in [0.25, 0.3) is 0 Å². The van der Waals surface area contributed by atoms with E-state index in [1.54, 1.807) is 0 Å². The van der Waals surface area contributed by atoms with Crippen LogP contribution >= 0.6 is 23.4 Å². The Bertz CT molecular complexity index is 562. The third kappa shape index (κ3) is 2.49. The molecule has 1 aromatic rings. The van der Waals surface area contributed by atoms with Crippen LogP contribution in [0, 0.1) is 5.92 Å². The van der Waals surface area contributed by atoms with E-state index in [1.165, 1.54) is 16.0 Å². The monoisotopic (exact) mass is 292 g/mol. The topological polar surface area (TPSA) is 20.2 Å². The van der Waals surface area contributed by atoms with Crippen LogP contribution in [0.15, 0.2) is 45.9 Å². The molecular weight excluding hydrogens is 276 g/mol. The molecule has 2 atom stereocenters. The minimum Gasteiger partial charge on any atom is -0.392 e. The highest BCUT2D eigenvalue weighted by molar-refractivity contribution is 8.03. The Labute approximate surface area is 123 Å². The second-order valence-corrected chi connectivity index (χ2v) is 6.92. The van der Waals surface area contributed by atoms with Crippen molar-refractivity contribution in [3.63, 3.8) is 0 Å². The highest BCUT2D eigenvalue weighted by atomic mass is 35.5. The maximum Gasteiger partial charge on any atom is 0.0681 e. The molecule has 2 unspecified atom stereocenters. The zero-order chi connectivity index (χ0) is 13.4. The van der Waals surface area contributed by atoms with Gasteiger partial charge in [-0.05, 0) is 46.4 Å². The minimum atomic E-state index is 0.110. The molecule has 1 aromatic carbocycles. The minimum absolute atomic E-state index is 0.110. The molecule has 0 spiro atoms. The maximum atomic E-state index is 9.27. The van der Waals surface area contributed by atoms with Gasteiger partial charge in [-0.3, -0.25) is 0 Å². The molecule has 2 aliphatic rings. The summed E-state index contributed by atoms with van der Waals surface area (Å²) in [5, 5.41) is 10.7. The van der Waals surface area contributed by atoms with E-state index in [9.17, 15) is 5.11 Å². The molecule has 19 heavy (non-hydrogen) atoms. The lowest BCUT2D eigenvalue weighted by Gasteiger charge is -2.17. The van der Waals surface area contributed by atoms with Crippen LogP contribution in [0.4, 0.5) is 0 Å². The summed E-state index contributed by atoms with van der Waals surface area (Å²) in [6.45, 7) is 2.39. The first-order chi connectivity index (χ1) is 9.19. The van der Waals surface area contributed by atoms with Gasteiger partial charge in [0.2, 0.25) is 0 Å². The number of halogens is 1. The van der Waals surface area contributed by atoms with Crippen molar-refractivity contribution in [2.24, 2.45) is 5.92 Å². The molecule has 3 heteroatoms. The Morgan fingerprint density at radius 3 is 3.00 bits per heavy atom. The van der Waals surface area contributed by atoms with Crippen molar-refractivity contribution < 1.29 is 5.11 Å². The van der Waals surface area contributed by atoms with Crippen LogP contribution in [0.5, 0.6) is 0 Å². The zero-order valence-corrected chi connectivity index (χ0v) is 12.5. The normalized spacial score (nSPS) is 26.4. The van der Waals surface area contributed by atoms with Gasteiger partial charge < -0.3 is 5.11 Å². The fraction of sp³-hybridized carbons (Fsp3) is 0.375. The highest BCUT2D eigenvalue weighted by Gasteiger charge is 2.33. The van der Waals surface area contributed by atoms with Gasteiger partial charge in [0.15, 0.2) is 0 Å². The van der Waals surface area contributed by atoms with E-state index in [2.05, 4.69) is 25.1 Å². The van der Waals surface area contributed by atoms with Gasteiger partial charge in [0.05, 0.1) is 6.61 Å². The third-order valence-corrected chi connectivity index (χ3v) is 5.86. The number of aliphatic hydroxyl groups excluding tert-OH is 1. The molecule has 1 aliphatic carbocycles. The van der Waals surface area contributed by atoms with E-state index < -0.39 is 0 Å². The van der Waals surface area contributed by atoms with Crippen molar-refractivity contribution in [3.8, 4) is 0 Å². The fourth-order valence-electron chi connectivity index (χ4n) is 2.85. The summed E-state index contributed by atoms with van der Waals surface area (Å²) in [7, 11) is 0. The summed E-state index contributed by atoms with van der Waals surface area (Å²) >= 11 is 8.15. The lowest BCUT2D eigenvalue weighted by molar-refractivity contribution is 0.281. The molecule has 100 valence electrons. The SMILES string of the molecule is CC1C2=C(CCC(Cl)=C2)SC1c1cccc(CO)c1. The fourth-order valence-corrected chi connectivity index (χ4v) is 4.61. The Kier molecular flexibility index (Phi) is 3.75. The molecule has 1 heterocycles. The number of aliphatic hydroxyl groups is 1. The number of benzene rings is 1. The van der Waals surface area contributed by atoms with E-state index in [-0.39, 0.29) is 6.61 Å². The Morgan fingerprint density at radius 1 is 1.37 bits per heavy atom. The van der Waals surface area contributed by atoms with E-state index in [4.69, 9.17) is 11.6 Å². The van der Waals surface area contributed by atoms with Crippen molar-refractivity contribution >= 4 is 23.4 Å². The van der Waals surface area contributed by atoms with E-state index in [1.807, 2.05) is 23.9 Å². The molecular formula is C16H17ClOS. The molecule has 3 rings (SSSR count). The summed E-state index contributed by atoms with van der Waals surface area (Å²) < 4.78 is 0. The number of rotatable bonds is 2. The Morgan fingerprint density at radius 2 is 2.21 bits per heavy atom. The predicted octanol–water partition coefficient (Wildman–Crippen LogP) is 4.77. The first kappa shape index (κ1) is 13.3. The molecule has 1 aliphatic heterocycles. The number of hydrogen-bond donors (Lipinski definition) is 1. The van der Waals surface area contributed by atoms with E-state index in [0.717, 1.165) is 23.4 Å². The van der Waals surface area contributed by atoms with Crippen molar-refractivity contribution in [3.05, 3.63) is 57.0 Å². The summed E-state index contributed by atoms with van der Waals surface area (Å²) in [4.78, 5) is 1.50. The first-order valence-electron chi connectivity index (χ1n) is 6.64. The molecule has 1 nitrogen and oxygen atoms in total. The second-order valence-electron chi connectivity index (χ2n) is 5.20. The molecule has 0 fully saturated rings. The molecule has 0 bridgehead atoms. The van der Waals surface area contributed by atoms with Crippen molar-refractivity contribution in [1.29, 1.82) is 0 Å². The predicted molar refractivity (Wildman–Crippen MR) is 82.1 cm³/mol. The van der Waals surface area contributed by atoms with Crippen molar-refractivity contribution in [1.82, 2.24) is 0 Å². The van der Waals surface area contributed by atoms with E-state index in [0.29, 0.717) is 11.2 Å². The smallest absolute Gasteiger partial charge is 0.0681 e. The lowest BCUT2D eigenvalue weighted by Crippen LogP contribution is -2.04. The molecule has 0 saturated heterocycles. The number of hydrogen-bond acceptors (Lipinski definition) is 2. The van der Waals surface area contributed by atoms with Gasteiger partial charge in [-0.25, -0.2) is 0 Å². The third-order valence-electron chi connectivity index (χ3n) is 3.90. The van der Waals surface area contributed by atoms with Gasteiger partial charge >= 0.3 is 0 Å². The van der Waals surface area contributed by atoms with Crippen LogP contribution in [0.1, 0.15) is 36.1 Å². The zero-order valence-electron chi connectivity index (χ0n) is 10.9. The summed E-state index contributed by atoms with van der Waals surface area (Å²) in [5.74, 6) is 0.489. The Hall–Kier alpha value is -0.700. The van der Waals surface area contributed by atoms with Gasteiger partial charge in [0.1, 0.15) is 0 Å². The standard InChI is InChI=1S/C16H17ClOS/c1-10-14-8-13(17)5-6-15(14)19-16(10)12-4-2-3-11(7-12)9-18/h2-4,7-8,10,16,18H,5-6,9H2,1H3. The van der Waals surface area contributed by atoms with Crippen LogP contribution in [0.25, 0.3) is 0 Å². The quantitative estimate of drug-likeness (QED) is 0.847. The van der Waals surface area contributed by atoms with E-state index >= 15 is 0 Å². The van der Waals surface area contributed by atoms with Crippen molar-refractivity contribution in [2.75, 3.05) is 0 Å². The molecule has 0 aromatic heterocycles. The molecule has 0 amide bonds. The maximum absolute atomic E-state index is 9.27. The highest BCUT2D eigenvalue weighted by Crippen LogP contribution is 2.55. The number of thioether (sulfide) groups is 1. The molecule has 0 saturated carbocycles. The summed E-state index contributed by atoms with van der Waals surface area (Å²) in [6, 6.07) is 8.29. The summed E-state index contributed by atoms with van der Waals surface area (Å²) in [6.07, 6.45) is 4.22. The van der Waals surface area contributed by atoms with Crippen LogP contribution < -0.4 is 0 Å². The first-order valence-corrected chi connectivity index (χ1v) is 7.90. The molecule has 1 N–H and O–H groups in total. The van der Waals surface area contributed by atoms with Crippen molar-refractivity contribution in [2.45, 2.75) is 31.6 Å². The second kappa shape index (κ2) is 5.35. The largest absolute Gasteiger partial charge is 0.392 e. The van der Waals surface area contributed by atoms with Gasteiger partial charge in [-0.15, -0.1) is 11.8 Å². The van der Waals surface area contributed by atoms with Crippen LogP contribution in [-0.4, -0.2) is 5.11 Å². The number of allylic oxidation sites excluding steroid dienone is 4. The average molecular weight is 293 g/mol. The molecule has 0 radical (unpaired) electrons. The van der Waals surface area contributed by atoms with Crippen LogP contribution in [0.3, 0.4) is 0 Å².